The monoisotopic (exact) mass is 292 g/mol. The van der Waals surface area contributed by atoms with Crippen LogP contribution in [0.1, 0.15) is 29.3 Å². The minimum absolute atomic E-state index is 0.505. The van der Waals surface area contributed by atoms with Crippen molar-refractivity contribution in [3.63, 3.8) is 0 Å². The fraction of sp³-hybridized carbons (Fsp3) is 0.400. The number of hydrogen-bond donors (Lipinski definition) is 2. The van der Waals surface area contributed by atoms with E-state index in [1.54, 1.807) is 18.4 Å². The number of ether oxygens (including phenoxy) is 1. The molecule has 0 bridgehead atoms. The Morgan fingerprint density at radius 2 is 2.10 bits per heavy atom. The Kier molecular flexibility index (Phi) is 5.52. The van der Waals surface area contributed by atoms with Gasteiger partial charge in [-0.3, -0.25) is 0 Å². The Bertz CT molecular complexity index is 525. The fourth-order valence-electron chi connectivity index (χ4n) is 1.87. The van der Waals surface area contributed by atoms with Crippen molar-refractivity contribution >= 4 is 11.3 Å². The normalized spacial score (nSPS) is 12.3. The maximum absolute atomic E-state index is 10.1. The minimum Gasteiger partial charge on any atom is -0.497 e. The summed E-state index contributed by atoms with van der Waals surface area (Å²) >= 11 is 1.68. The van der Waals surface area contributed by atoms with Crippen LogP contribution >= 0.6 is 11.3 Å². The molecule has 20 heavy (non-hydrogen) atoms. The molecule has 1 atom stereocenters. The van der Waals surface area contributed by atoms with Crippen molar-refractivity contribution in [2.75, 3.05) is 13.7 Å². The molecule has 1 heterocycles. The molecule has 1 aromatic carbocycles. The van der Waals surface area contributed by atoms with Gasteiger partial charge in [-0.25, -0.2) is 4.98 Å². The number of rotatable bonds is 7. The Labute approximate surface area is 123 Å². The first-order chi connectivity index (χ1) is 9.72. The van der Waals surface area contributed by atoms with Crippen LogP contribution < -0.4 is 10.1 Å². The molecule has 2 aromatic rings. The number of benzene rings is 1. The van der Waals surface area contributed by atoms with Crippen molar-refractivity contribution in [3.8, 4) is 5.75 Å². The largest absolute Gasteiger partial charge is 0.497 e. The van der Waals surface area contributed by atoms with E-state index in [0.717, 1.165) is 28.4 Å². The SMILES string of the molecule is CCc1nc(CNCC(O)c2ccc(OC)cc2)cs1. The Hall–Kier alpha value is -1.43. The van der Waals surface area contributed by atoms with Crippen molar-refractivity contribution in [2.45, 2.75) is 26.0 Å². The van der Waals surface area contributed by atoms with E-state index in [1.807, 2.05) is 24.3 Å². The highest BCUT2D eigenvalue weighted by atomic mass is 32.1. The Morgan fingerprint density at radius 3 is 2.70 bits per heavy atom. The first kappa shape index (κ1) is 15.0. The summed E-state index contributed by atoms with van der Waals surface area (Å²) in [6.45, 7) is 3.29. The van der Waals surface area contributed by atoms with Gasteiger partial charge in [0, 0.05) is 18.5 Å². The van der Waals surface area contributed by atoms with E-state index >= 15 is 0 Å². The van der Waals surface area contributed by atoms with Gasteiger partial charge in [-0.05, 0) is 24.1 Å². The van der Waals surface area contributed by atoms with Gasteiger partial charge in [0.15, 0.2) is 0 Å². The second-order valence-electron chi connectivity index (χ2n) is 4.51. The summed E-state index contributed by atoms with van der Waals surface area (Å²) in [5.41, 5.74) is 1.92. The number of aryl methyl sites for hydroxylation is 1. The third-order valence-electron chi connectivity index (χ3n) is 3.05. The number of aromatic nitrogens is 1. The van der Waals surface area contributed by atoms with Crippen LogP contribution in [0.3, 0.4) is 0 Å². The number of thiazole rings is 1. The predicted octanol–water partition coefficient (Wildman–Crippen LogP) is 2.54. The van der Waals surface area contributed by atoms with E-state index in [0.29, 0.717) is 13.1 Å². The van der Waals surface area contributed by atoms with Crippen LogP contribution in [-0.4, -0.2) is 23.7 Å². The average Bonchev–Trinajstić information content (AvgIpc) is 2.95. The molecule has 1 aromatic heterocycles. The zero-order valence-corrected chi connectivity index (χ0v) is 12.6. The number of methoxy groups -OCH3 is 1. The van der Waals surface area contributed by atoms with Crippen LogP contribution in [0.2, 0.25) is 0 Å². The second kappa shape index (κ2) is 7.38. The fourth-order valence-corrected chi connectivity index (χ4v) is 2.62. The van der Waals surface area contributed by atoms with Crippen molar-refractivity contribution in [2.24, 2.45) is 0 Å². The topological polar surface area (TPSA) is 54.4 Å². The lowest BCUT2D eigenvalue weighted by molar-refractivity contribution is 0.174. The molecule has 0 amide bonds. The van der Waals surface area contributed by atoms with Crippen molar-refractivity contribution in [1.29, 1.82) is 0 Å². The van der Waals surface area contributed by atoms with Gasteiger partial charge in [0.05, 0.1) is 23.9 Å². The molecule has 5 heteroatoms. The molecule has 0 aliphatic rings. The van der Waals surface area contributed by atoms with Crippen molar-refractivity contribution in [1.82, 2.24) is 10.3 Å². The first-order valence-electron chi connectivity index (χ1n) is 6.69. The Morgan fingerprint density at radius 1 is 1.35 bits per heavy atom. The van der Waals surface area contributed by atoms with Gasteiger partial charge in [0.1, 0.15) is 5.75 Å². The maximum atomic E-state index is 10.1. The number of hydrogen-bond acceptors (Lipinski definition) is 5. The van der Waals surface area contributed by atoms with Crippen LogP contribution in [0.5, 0.6) is 5.75 Å². The summed E-state index contributed by atoms with van der Waals surface area (Å²) in [5, 5.41) is 16.5. The van der Waals surface area contributed by atoms with Crippen molar-refractivity contribution < 1.29 is 9.84 Å². The predicted molar refractivity (Wildman–Crippen MR) is 81.2 cm³/mol. The smallest absolute Gasteiger partial charge is 0.118 e. The Balaban J connectivity index is 1.80. The number of nitrogens with one attached hydrogen (secondary N) is 1. The molecule has 0 radical (unpaired) electrons. The van der Waals surface area contributed by atoms with Gasteiger partial charge in [-0.2, -0.15) is 0 Å². The lowest BCUT2D eigenvalue weighted by Crippen LogP contribution is -2.21. The molecule has 0 aliphatic heterocycles. The van der Waals surface area contributed by atoms with Crippen molar-refractivity contribution in [3.05, 3.63) is 45.9 Å². The molecule has 0 aliphatic carbocycles. The lowest BCUT2D eigenvalue weighted by atomic mass is 10.1. The van der Waals surface area contributed by atoms with Gasteiger partial charge in [-0.15, -0.1) is 11.3 Å². The van der Waals surface area contributed by atoms with Gasteiger partial charge >= 0.3 is 0 Å². The molecule has 4 nitrogen and oxygen atoms in total. The summed E-state index contributed by atoms with van der Waals surface area (Å²) in [6, 6.07) is 7.46. The standard InChI is InChI=1S/C15H20N2O2S/c1-3-15-17-12(10-20-15)8-16-9-14(18)11-4-6-13(19-2)7-5-11/h4-7,10,14,16,18H,3,8-9H2,1-2H3. The molecular formula is C15H20N2O2S. The molecule has 0 fully saturated rings. The third-order valence-corrected chi connectivity index (χ3v) is 4.09. The van der Waals surface area contributed by atoms with Gasteiger partial charge in [0.2, 0.25) is 0 Å². The third kappa shape index (κ3) is 4.03. The van der Waals surface area contributed by atoms with E-state index in [4.69, 9.17) is 4.74 Å². The highest BCUT2D eigenvalue weighted by Crippen LogP contribution is 2.17. The molecule has 2 N–H and O–H groups in total. The highest BCUT2D eigenvalue weighted by Gasteiger charge is 2.07. The van der Waals surface area contributed by atoms with E-state index in [1.165, 1.54) is 0 Å². The van der Waals surface area contributed by atoms with Crippen LogP contribution in [0.25, 0.3) is 0 Å². The summed E-state index contributed by atoms with van der Waals surface area (Å²) in [6.07, 6.45) is 0.448. The summed E-state index contributed by atoms with van der Waals surface area (Å²) in [7, 11) is 1.63. The lowest BCUT2D eigenvalue weighted by Gasteiger charge is -2.12. The number of aliphatic hydroxyl groups is 1. The van der Waals surface area contributed by atoms with E-state index < -0.39 is 6.10 Å². The van der Waals surface area contributed by atoms with Gasteiger partial charge < -0.3 is 15.2 Å². The molecule has 1 unspecified atom stereocenters. The minimum atomic E-state index is -0.523. The van der Waals surface area contributed by atoms with Crippen LogP contribution in [0.4, 0.5) is 0 Å². The van der Waals surface area contributed by atoms with Crippen LogP contribution in [-0.2, 0) is 13.0 Å². The molecule has 2 rings (SSSR count). The zero-order valence-electron chi connectivity index (χ0n) is 11.8. The van der Waals surface area contributed by atoms with E-state index in [2.05, 4.69) is 22.6 Å². The number of aliphatic hydroxyl groups excluding tert-OH is 1. The molecule has 0 spiro atoms. The van der Waals surface area contributed by atoms with Crippen LogP contribution in [0, 0.1) is 0 Å². The summed E-state index contributed by atoms with van der Waals surface area (Å²) < 4.78 is 5.10. The van der Waals surface area contributed by atoms with E-state index in [9.17, 15) is 5.11 Å². The first-order valence-corrected chi connectivity index (χ1v) is 7.57. The van der Waals surface area contributed by atoms with E-state index in [-0.39, 0.29) is 0 Å². The van der Waals surface area contributed by atoms with Gasteiger partial charge in [0.25, 0.3) is 0 Å². The zero-order chi connectivity index (χ0) is 14.4. The second-order valence-corrected chi connectivity index (χ2v) is 5.45. The van der Waals surface area contributed by atoms with Gasteiger partial charge in [-0.1, -0.05) is 19.1 Å². The number of nitrogens with zero attached hydrogens (tertiary/aromatic N) is 1. The highest BCUT2D eigenvalue weighted by molar-refractivity contribution is 7.09. The maximum Gasteiger partial charge on any atom is 0.118 e. The summed E-state index contributed by atoms with van der Waals surface area (Å²) in [5.74, 6) is 0.795. The van der Waals surface area contributed by atoms with Crippen LogP contribution in [0.15, 0.2) is 29.6 Å². The molecule has 0 saturated heterocycles. The average molecular weight is 292 g/mol. The molecular weight excluding hydrogens is 272 g/mol. The molecule has 108 valence electrons. The summed E-state index contributed by atoms with van der Waals surface area (Å²) in [4.78, 5) is 4.48. The molecule has 0 saturated carbocycles. The quantitative estimate of drug-likeness (QED) is 0.823.